The molecule has 4 rings (SSSR count). The fourth-order valence-electron chi connectivity index (χ4n) is 5.90. The molecule has 4 fully saturated rings. The highest BCUT2D eigenvalue weighted by Gasteiger charge is 2.52. The average Bonchev–Trinajstić information content (AvgIpc) is 3.08. The minimum Gasteiger partial charge on any atom is -0.394 e. The normalized spacial score (nSPS) is 47.6. The number of ether oxygens (including phenoxy) is 7. The summed E-state index contributed by atoms with van der Waals surface area (Å²) >= 11 is 0. The number of hydrogen-bond donors (Lipinski definition) is 15. The molecule has 304 valence electrons. The molecule has 0 aromatic carbocycles. The van der Waals surface area contributed by atoms with Crippen molar-refractivity contribution < 1.29 is 118 Å². The van der Waals surface area contributed by atoms with Gasteiger partial charge in [-0.2, -0.15) is 0 Å². The van der Waals surface area contributed by atoms with E-state index in [0.717, 1.165) is 6.92 Å². The Morgan fingerprint density at radius 1 is 0.596 bits per heavy atom. The molecular formula is C26H46NO24P. The van der Waals surface area contributed by atoms with E-state index in [2.05, 4.69) is 9.84 Å². The third-order valence-corrected chi connectivity index (χ3v) is 9.28. The highest BCUT2D eigenvalue weighted by molar-refractivity contribution is 7.46. The molecule has 0 radical (unpaired) electrons. The summed E-state index contributed by atoms with van der Waals surface area (Å²) in [4.78, 5) is 29.4. The van der Waals surface area contributed by atoms with Crippen LogP contribution in [0.1, 0.15) is 6.92 Å². The van der Waals surface area contributed by atoms with Crippen molar-refractivity contribution in [1.29, 1.82) is 0 Å². The van der Waals surface area contributed by atoms with Crippen molar-refractivity contribution >= 4 is 13.7 Å². The second-order valence-electron chi connectivity index (χ2n) is 12.6. The predicted molar refractivity (Wildman–Crippen MR) is 156 cm³/mol. The van der Waals surface area contributed by atoms with Crippen LogP contribution in [0.5, 0.6) is 0 Å². The maximum absolute atomic E-state index is 11.6. The number of amides is 1. The molecule has 15 N–H and O–H groups in total. The molecule has 25 nitrogen and oxygen atoms in total. The van der Waals surface area contributed by atoms with Gasteiger partial charge in [0, 0.05) is 6.92 Å². The molecule has 0 saturated carbocycles. The van der Waals surface area contributed by atoms with Gasteiger partial charge < -0.3 is 110 Å². The van der Waals surface area contributed by atoms with Gasteiger partial charge in [0.1, 0.15) is 97.6 Å². The van der Waals surface area contributed by atoms with E-state index in [9.17, 15) is 70.6 Å². The molecular weight excluding hydrogens is 741 g/mol. The number of carbonyl (C=O) groups is 1. The minimum atomic E-state index is -5.03. The molecule has 4 aliphatic rings. The first kappa shape index (κ1) is 43.5. The predicted octanol–water partition coefficient (Wildman–Crippen LogP) is -9.49. The number of nitrogens with one attached hydrogen (secondary N) is 1. The van der Waals surface area contributed by atoms with E-state index in [1.807, 2.05) is 0 Å². The Morgan fingerprint density at radius 2 is 1.02 bits per heavy atom. The summed E-state index contributed by atoms with van der Waals surface area (Å²) < 4.78 is 53.2. The monoisotopic (exact) mass is 787 g/mol. The summed E-state index contributed by atoms with van der Waals surface area (Å²) in [5.41, 5.74) is 0. The minimum absolute atomic E-state index is 0.672. The summed E-state index contributed by atoms with van der Waals surface area (Å²) in [6, 6.07) is -1.46. The van der Waals surface area contributed by atoms with Crippen molar-refractivity contribution in [1.82, 2.24) is 5.32 Å². The van der Waals surface area contributed by atoms with Crippen molar-refractivity contribution in [3.8, 4) is 0 Å². The van der Waals surface area contributed by atoms with Crippen LogP contribution in [0.4, 0.5) is 0 Å². The van der Waals surface area contributed by atoms with Gasteiger partial charge in [0.2, 0.25) is 5.91 Å². The summed E-state index contributed by atoms with van der Waals surface area (Å²) in [5, 5.41) is 127. The first-order valence-corrected chi connectivity index (χ1v) is 17.4. The summed E-state index contributed by atoms with van der Waals surface area (Å²) in [6.45, 7) is -2.23. The molecule has 0 spiro atoms. The number of phosphoric ester groups is 1. The standard InChI is InChI=1S/C26H46NO24P/c1-6(29)27-11-15(33)22(7(2-28)47-23(11)40)51-26-21(39)18(36)13(31)9(50-26)4-45-24-19(37)16(34)12(30)8(48-24)3-44-25-20(38)17(35)14(32)10(49-25)5-46-52(41,42)43/h7-26,28,30-40H,2-5H2,1H3,(H,27,29)(H2,41,42,43)/t7-,8-,9-,10-,11-,12-,13-,14-,15-,16+,17+,18+,19+,20+,21+,22-,23?,24+,25+,26+/m1/s1. The Morgan fingerprint density at radius 3 is 1.44 bits per heavy atom. The van der Waals surface area contributed by atoms with Gasteiger partial charge >= 0.3 is 7.82 Å². The van der Waals surface area contributed by atoms with Crippen LogP contribution in [0.15, 0.2) is 0 Å². The lowest BCUT2D eigenvalue weighted by molar-refractivity contribution is -0.357. The molecule has 0 bridgehead atoms. The number of aliphatic hydroxyl groups is 12. The molecule has 1 amide bonds. The smallest absolute Gasteiger partial charge is 0.394 e. The fraction of sp³-hybridized carbons (Fsp3) is 0.962. The Labute approximate surface area is 293 Å². The molecule has 4 heterocycles. The van der Waals surface area contributed by atoms with Crippen LogP contribution in [0, 0.1) is 0 Å². The first-order valence-electron chi connectivity index (χ1n) is 15.8. The van der Waals surface area contributed by atoms with Gasteiger partial charge in [-0.1, -0.05) is 0 Å². The van der Waals surface area contributed by atoms with Crippen LogP contribution in [0.2, 0.25) is 0 Å². The molecule has 1 unspecified atom stereocenters. The SMILES string of the molecule is CC(=O)N[C@H]1C(O)O[C@H](CO)[C@@H](O[C@@H]2O[C@H](CO[C@H]3O[C@H](CO[C@H]4O[C@H](COP(=O)(O)O)[C@@H](O)[C@H](O)[C@@H]4O)[C@@H](O)[C@H](O)[C@@H]3O)[C@@H](O)[C@H](O)[C@@H]2O)[C@@H]1O. The van der Waals surface area contributed by atoms with Crippen LogP contribution in [-0.4, -0.2) is 226 Å². The molecule has 0 aromatic rings. The number of rotatable bonds is 13. The summed E-state index contributed by atoms with van der Waals surface area (Å²) in [6.07, 6.45) is -34.4. The zero-order valence-corrected chi connectivity index (χ0v) is 28.1. The Bertz CT molecular complexity index is 1200. The Hall–Kier alpha value is -1.18. The highest BCUT2D eigenvalue weighted by atomic mass is 31.2. The summed E-state index contributed by atoms with van der Waals surface area (Å²) in [7, 11) is -5.03. The maximum atomic E-state index is 11.6. The quantitative estimate of drug-likeness (QED) is 0.0770. The van der Waals surface area contributed by atoms with E-state index >= 15 is 0 Å². The van der Waals surface area contributed by atoms with Crippen molar-refractivity contribution in [2.24, 2.45) is 0 Å². The molecule has 26 heteroatoms. The topological polar surface area (TPSA) is 403 Å². The van der Waals surface area contributed by atoms with Gasteiger partial charge in [-0.25, -0.2) is 4.57 Å². The largest absolute Gasteiger partial charge is 0.469 e. The number of aliphatic hydroxyl groups excluding tert-OH is 12. The van der Waals surface area contributed by atoms with Gasteiger partial charge in [-0.15, -0.1) is 0 Å². The molecule has 20 atom stereocenters. The number of hydrogen-bond acceptors (Lipinski definition) is 22. The third kappa shape index (κ3) is 10.2. The zero-order valence-electron chi connectivity index (χ0n) is 27.2. The lowest BCUT2D eigenvalue weighted by Gasteiger charge is -2.46. The van der Waals surface area contributed by atoms with Crippen LogP contribution in [0.3, 0.4) is 0 Å². The van der Waals surface area contributed by atoms with Crippen molar-refractivity contribution in [2.75, 3.05) is 26.4 Å². The molecule has 4 aliphatic heterocycles. The van der Waals surface area contributed by atoms with Gasteiger partial charge in [0.15, 0.2) is 25.2 Å². The van der Waals surface area contributed by atoms with Gasteiger partial charge in [-0.05, 0) is 0 Å². The van der Waals surface area contributed by atoms with Gasteiger partial charge in [0.05, 0.1) is 26.4 Å². The van der Waals surface area contributed by atoms with Gasteiger partial charge in [0.25, 0.3) is 0 Å². The van der Waals surface area contributed by atoms with E-state index in [1.54, 1.807) is 0 Å². The van der Waals surface area contributed by atoms with E-state index in [4.69, 9.17) is 42.9 Å². The molecule has 0 aromatic heterocycles. The second kappa shape index (κ2) is 18.2. The summed E-state index contributed by atoms with van der Waals surface area (Å²) in [5.74, 6) is -0.672. The van der Waals surface area contributed by atoms with E-state index in [0.29, 0.717) is 0 Å². The number of carbonyl (C=O) groups excluding carboxylic acids is 1. The first-order chi connectivity index (χ1) is 24.2. The van der Waals surface area contributed by atoms with Crippen LogP contribution >= 0.6 is 7.82 Å². The fourth-order valence-corrected chi connectivity index (χ4v) is 6.24. The van der Waals surface area contributed by atoms with Crippen LogP contribution < -0.4 is 5.32 Å². The maximum Gasteiger partial charge on any atom is 0.469 e. The number of phosphoric acid groups is 1. The molecule has 0 aliphatic carbocycles. The van der Waals surface area contributed by atoms with Crippen molar-refractivity contribution in [2.45, 2.75) is 130 Å². The van der Waals surface area contributed by atoms with Crippen LogP contribution in [0.25, 0.3) is 0 Å². The van der Waals surface area contributed by atoms with E-state index in [1.165, 1.54) is 0 Å². The lowest BCUT2D eigenvalue weighted by Crippen LogP contribution is -2.67. The molecule has 4 saturated heterocycles. The Balaban J connectivity index is 1.39. The van der Waals surface area contributed by atoms with E-state index in [-0.39, 0.29) is 0 Å². The highest BCUT2D eigenvalue weighted by Crippen LogP contribution is 2.37. The average molecular weight is 788 g/mol. The zero-order chi connectivity index (χ0) is 38.8. The Kier molecular flexibility index (Phi) is 15.2. The van der Waals surface area contributed by atoms with Crippen LogP contribution in [-0.2, 0) is 47.0 Å². The lowest BCUT2D eigenvalue weighted by atomic mass is 9.95. The van der Waals surface area contributed by atoms with Crippen molar-refractivity contribution in [3.05, 3.63) is 0 Å². The third-order valence-electron chi connectivity index (χ3n) is 8.80. The van der Waals surface area contributed by atoms with Gasteiger partial charge in [-0.3, -0.25) is 9.32 Å². The second-order valence-corrected chi connectivity index (χ2v) is 13.8. The molecule has 52 heavy (non-hydrogen) atoms. The van der Waals surface area contributed by atoms with Crippen molar-refractivity contribution in [3.63, 3.8) is 0 Å². The van der Waals surface area contributed by atoms with E-state index < -0.39 is 163 Å².